The van der Waals surface area contributed by atoms with Crippen molar-refractivity contribution in [2.45, 2.75) is 6.42 Å². The molecule has 0 saturated carbocycles. The number of non-ortho nitro benzene ring substituents is 1. The Morgan fingerprint density at radius 1 is 1.04 bits per heavy atom. The summed E-state index contributed by atoms with van der Waals surface area (Å²) < 4.78 is 0. The lowest BCUT2D eigenvalue weighted by Crippen LogP contribution is -2.11. The van der Waals surface area contributed by atoms with Crippen LogP contribution in [0, 0.1) is 10.1 Å². The average Bonchev–Trinajstić information content (AvgIpc) is 3.15. The molecule has 0 aliphatic heterocycles. The number of hydrogen-bond donors (Lipinski definition) is 1. The van der Waals surface area contributed by atoms with Crippen LogP contribution in [-0.4, -0.2) is 15.8 Å². The van der Waals surface area contributed by atoms with Crippen LogP contribution in [0.4, 0.5) is 10.8 Å². The largest absolute Gasteiger partial charge is 0.298 e. The fourth-order valence-electron chi connectivity index (χ4n) is 2.99. The van der Waals surface area contributed by atoms with E-state index in [-0.39, 0.29) is 11.6 Å². The molecule has 28 heavy (non-hydrogen) atoms. The maximum absolute atomic E-state index is 12.3. The lowest BCUT2D eigenvalue weighted by molar-refractivity contribution is -0.384. The van der Waals surface area contributed by atoms with Crippen molar-refractivity contribution in [3.05, 3.63) is 99.0 Å². The molecule has 0 aliphatic carbocycles. The van der Waals surface area contributed by atoms with E-state index < -0.39 is 4.92 Å². The smallest absolute Gasteiger partial charge is 0.269 e. The summed E-state index contributed by atoms with van der Waals surface area (Å²) in [5.74, 6) is -0.346. The van der Waals surface area contributed by atoms with Gasteiger partial charge in [-0.05, 0) is 28.5 Å². The average molecular weight is 389 g/mol. The first-order chi connectivity index (χ1) is 13.6. The van der Waals surface area contributed by atoms with Gasteiger partial charge in [0.1, 0.15) is 0 Å². The number of thiazole rings is 1. The highest BCUT2D eigenvalue weighted by Gasteiger charge is 2.12. The number of carbonyl (C=O) groups is 1. The molecule has 0 bridgehead atoms. The first kappa shape index (κ1) is 17.8. The number of hydrogen-bond acceptors (Lipinski definition) is 5. The van der Waals surface area contributed by atoms with Gasteiger partial charge >= 0.3 is 0 Å². The molecule has 1 amide bonds. The molecule has 0 aliphatic rings. The van der Waals surface area contributed by atoms with Crippen LogP contribution in [0.1, 0.15) is 20.8 Å². The molecule has 1 N–H and O–H groups in total. The van der Waals surface area contributed by atoms with Gasteiger partial charge in [0.2, 0.25) is 0 Å². The molecule has 0 atom stereocenters. The van der Waals surface area contributed by atoms with Gasteiger partial charge in [-0.15, -0.1) is 11.3 Å². The first-order valence-corrected chi connectivity index (χ1v) is 9.39. The Morgan fingerprint density at radius 3 is 2.57 bits per heavy atom. The van der Waals surface area contributed by atoms with E-state index in [9.17, 15) is 14.9 Å². The van der Waals surface area contributed by atoms with Gasteiger partial charge < -0.3 is 0 Å². The summed E-state index contributed by atoms with van der Waals surface area (Å²) in [5, 5.41) is 16.3. The molecular formula is C21H15N3O3S. The van der Waals surface area contributed by atoms with Crippen molar-refractivity contribution in [3.8, 4) is 0 Å². The van der Waals surface area contributed by atoms with Crippen LogP contribution < -0.4 is 5.32 Å². The van der Waals surface area contributed by atoms with Crippen molar-refractivity contribution in [1.82, 2.24) is 4.98 Å². The highest BCUT2D eigenvalue weighted by Crippen LogP contribution is 2.26. The molecule has 0 spiro atoms. The Hall–Kier alpha value is -3.58. The van der Waals surface area contributed by atoms with Gasteiger partial charge in [-0.3, -0.25) is 20.2 Å². The summed E-state index contributed by atoms with van der Waals surface area (Å²) in [6.07, 6.45) is 2.49. The van der Waals surface area contributed by atoms with Gasteiger partial charge in [0.15, 0.2) is 5.13 Å². The van der Waals surface area contributed by atoms with E-state index in [1.54, 1.807) is 6.20 Å². The highest BCUT2D eigenvalue weighted by atomic mass is 32.1. The number of aromatic nitrogens is 1. The molecule has 0 saturated heterocycles. The zero-order chi connectivity index (χ0) is 19.5. The van der Waals surface area contributed by atoms with Gasteiger partial charge in [0, 0.05) is 35.2 Å². The number of nitro benzene ring substituents is 1. The summed E-state index contributed by atoms with van der Waals surface area (Å²) in [7, 11) is 0. The number of nitro groups is 1. The van der Waals surface area contributed by atoms with E-state index in [0.29, 0.717) is 10.7 Å². The van der Waals surface area contributed by atoms with Crippen molar-refractivity contribution in [2.75, 3.05) is 5.32 Å². The SMILES string of the molecule is O=C(Nc1ncc(Cc2cccc3ccccc23)s1)c1ccc([N+](=O)[O-])cc1. The molecule has 6 nitrogen and oxygen atoms in total. The van der Waals surface area contributed by atoms with Gasteiger partial charge in [0.05, 0.1) is 4.92 Å². The number of fused-ring (bicyclic) bond motifs is 1. The quantitative estimate of drug-likeness (QED) is 0.382. The third-order valence-corrected chi connectivity index (χ3v) is 5.27. The second-order valence-electron chi connectivity index (χ2n) is 6.20. The van der Waals surface area contributed by atoms with Crippen LogP contribution in [0.5, 0.6) is 0 Å². The van der Waals surface area contributed by atoms with Crippen molar-refractivity contribution in [1.29, 1.82) is 0 Å². The van der Waals surface area contributed by atoms with Crippen LogP contribution in [0.25, 0.3) is 10.8 Å². The monoisotopic (exact) mass is 389 g/mol. The first-order valence-electron chi connectivity index (χ1n) is 8.57. The number of anilines is 1. The number of nitrogens with one attached hydrogen (secondary N) is 1. The van der Waals surface area contributed by atoms with Crippen molar-refractivity contribution < 1.29 is 9.72 Å². The number of amides is 1. The number of rotatable bonds is 5. The van der Waals surface area contributed by atoms with E-state index >= 15 is 0 Å². The Kier molecular flexibility index (Phi) is 4.82. The van der Waals surface area contributed by atoms with E-state index in [1.807, 2.05) is 18.2 Å². The Bertz CT molecular complexity index is 1160. The van der Waals surface area contributed by atoms with E-state index in [4.69, 9.17) is 0 Å². The maximum atomic E-state index is 12.3. The van der Waals surface area contributed by atoms with Crippen LogP contribution in [0.3, 0.4) is 0 Å². The lowest BCUT2D eigenvalue weighted by Gasteiger charge is -2.04. The zero-order valence-corrected chi connectivity index (χ0v) is 15.5. The molecule has 4 aromatic rings. The van der Waals surface area contributed by atoms with E-state index in [1.165, 1.54) is 51.9 Å². The normalized spacial score (nSPS) is 10.7. The molecule has 0 unspecified atom stereocenters. The third kappa shape index (κ3) is 3.74. The van der Waals surface area contributed by atoms with E-state index in [0.717, 1.165) is 11.3 Å². The highest BCUT2D eigenvalue weighted by molar-refractivity contribution is 7.15. The topological polar surface area (TPSA) is 85.1 Å². The van der Waals surface area contributed by atoms with Crippen molar-refractivity contribution in [3.63, 3.8) is 0 Å². The van der Waals surface area contributed by atoms with Crippen LogP contribution in [0.2, 0.25) is 0 Å². The summed E-state index contributed by atoms with van der Waals surface area (Å²) in [6, 6.07) is 19.9. The minimum atomic E-state index is -0.498. The lowest BCUT2D eigenvalue weighted by atomic mass is 10.0. The van der Waals surface area contributed by atoms with Gasteiger partial charge in [-0.1, -0.05) is 42.5 Å². The molecule has 7 heteroatoms. The summed E-state index contributed by atoms with van der Waals surface area (Å²) >= 11 is 1.42. The fourth-order valence-corrected chi connectivity index (χ4v) is 3.82. The van der Waals surface area contributed by atoms with Gasteiger partial charge in [-0.2, -0.15) is 0 Å². The third-order valence-electron chi connectivity index (χ3n) is 4.36. The second kappa shape index (κ2) is 7.58. The van der Waals surface area contributed by atoms with Crippen LogP contribution in [0.15, 0.2) is 72.9 Å². The molecule has 1 heterocycles. The molecule has 3 aromatic carbocycles. The molecule has 138 valence electrons. The van der Waals surface area contributed by atoms with Crippen molar-refractivity contribution >= 4 is 38.8 Å². The fraction of sp³-hybridized carbons (Fsp3) is 0.0476. The predicted molar refractivity (Wildman–Crippen MR) is 110 cm³/mol. The predicted octanol–water partition coefficient (Wildman–Crippen LogP) is 5.05. The number of nitrogens with zero attached hydrogens (tertiary/aromatic N) is 2. The number of carbonyl (C=O) groups excluding carboxylic acids is 1. The summed E-state index contributed by atoms with van der Waals surface area (Å²) in [4.78, 5) is 27.8. The Balaban J connectivity index is 1.48. The van der Waals surface area contributed by atoms with Crippen LogP contribution in [-0.2, 0) is 6.42 Å². The Labute approximate surface area is 164 Å². The molecular weight excluding hydrogens is 374 g/mol. The van der Waals surface area contributed by atoms with Gasteiger partial charge in [0.25, 0.3) is 11.6 Å². The summed E-state index contributed by atoms with van der Waals surface area (Å²) in [6.45, 7) is 0. The van der Waals surface area contributed by atoms with Crippen molar-refractivity contribution in [2.24, 2.45) is 0 Å². The number of benzene rings is 3. The molecule has 4 rings (SSSR count). The summed E-state index contributed by atoms with van der Waals surface area (Å²) in [5.41, 5.74) is 1.49. The molecule has 0 fully saturated rings. The molecule has 0 radical (unpaired) electrons. The molecule has 1 aromatic heterocycles. The Morgan fingerprint density at radius 2 is 1.79 bits per heavy atom. The standard InChI is InChI=1S/C21H15N3O3S/c25-20(15-8-10-17(11-9-15)24(26)27)23-21-22-13-18(28-21)12-16-6-3-5-14-4-1-2-7-19(14)16/h1-11,13H,12H2,(H,22,23,25). The zero-order valence-electron chi connectivity index (χ0n) is 14.7. The minimum Gasteiger partial charge on any atom is -0.298 e. The van der Waals surface area contributed by atoms with E-state index in [2.05, 4.69) is 34.6 Å². The second-order valence-corrected chi connectivity index (χ2v) is 7.32. The van der Waals surface area contributed by atoms with Crippen LogP contribution >= 0.6 is 11.3 Å². The minimum absolute atomic E-state index is 0.0526. The maximum Gasteiger partial charge on any atom is 0.269 e. The van der Waals surface area contributed by atoms with Gasteiger partial charge in [-0.25, -0.2) is 4.98 Å².